The molecular formula is C19H26N4. The second-order valence-corrected chi connectivity index (χ2v) is 6.22. The van der Waals surface area contributed by atoms with Crippen LogP contribution in [0.2, 0.25) is 0 Å². The fourth-order valence-corrected chi connectivity index (χ4v) is 3.09. The van der Waals surface area contributed by atoms with Crippen molar-refractivity contribution in [2.75, 3.05) is 43.4 Å². The summed E-state index contributed by atoms with van der Waals surface area (Å²) in [6.45, 7) is 5.63. The Labute approximate surface area is 138 Å². The van der Waals surface area contributed by atoms with Crippen LogP contribution >= 0.6 is 0 Å². The standard InChI is InChI=1S/C19H26N4/c20-18-9-7-17(8-10-18)5-2-4-12-22-13-15-23(16-14-22)19-6-1-3-11-21-19/h1,3,6-11H,2,4-5,12-16,20H2. The second-order valence-electron chi connectivity index (χ2n) is 6.22. The van der Waals surface area contributed by atoms with Gasteiger partial charge in [0.25, 0.3) is 0 Å². The van der Waals surface area contributed by atoms with Crippen LogP contribution in [-0.4, -0.2) is 42.6 Å². The molecule has 1 aliphatic rings. The summed E-state index contributed by atoms with van der Waals surface area (Å²) < 4.78 is 0. The van der Waals surface area contributed by atoms with Crippen molar-refractivity contribution in [2.45, 2.75) is 19.3 Å². The molecule has 122 valence electrons. The van der Waals surface area contributed by atoms with Crippen LogP contribution in [-0.2, 0) is 6.42 Å². The third kappa shape index (κ3) is 4.70. The molecule has 0 unspecified atom stereocenters. The lowest BCUT2D eigenvalue weighted by Gasteiger charge is -2.35. The zero-order valence-electron chi connectivity index (χ0n) is 13.7. The van der Waals surface area contributed by atoms with E-state index in [9.17, 15) is 0 Å². The molecule has 0 amide bonds. The Kier molecular flexibility index (Phi) is 5.48. The maximum Gasteiger partial charge on any atom is 0.128 e. The highest BCUT2D eigenvalue weighted by Gasteiger charge is 2.17. The molecule has 0 bridgehead atoms. The number of nitrogens with two attached hydrogens (primary N) is 1. The number of unbranched alkanes of at least 4 members (excludes halogenated alkanes) is 1. The van der Waals surface area contributed by atoms with E-state index in [1.165, 1.54) is 24.9 Å². The molecular weight excluding hydrogens is 284 g/mol. The molecule has 1 saturated heterocycles. The van der Waals surface area contributed by atoms with E-state index in [2.05, 4.69) is 39.0 Å². The van der Waals surface area contributed by atoms with Gasteiger partial charge >= 0.3 is 0 Å². The van der Waals surface area contributed by atoms with Gasteiger partial charge in [-0.05, 0) is 55.6 Å². The van der Waals surface area contributed by atoms with Crippen LogP contribution in [0.5, 0.6) is 0 Å². The summed E-state index contributed by atoms with van der Waals surface area (Å²) in [6, 6.07) is 14.4. The van der Waals surface area contributed by atoms with Crippen LogP contribution in [0, 0.1) is 0 Å². The zero-order valence-corrected chi connectivity index (χ0v) is 13.7. The summed E-state index contributed by atoms with van der Waals surface area (Å²) in [7, 11) is 0. The lowest BCUT2D eigenvalue weighted by atomic mass is 10.1. The van der Waals surface area contributed by atoms with Gasteiger partial charge in [0.15, 0.2) is 0 Å². The van der Waals surface area contributed by atoms with Crippen LogP contribution in [0.1, 0.15) is 18.4 Å². The Hall–Kier alpha value is -2.07. The van der Waals surface area contributed by atoms with Crippen LogP contribution in [0.15, 0.2) is 48.7 Å². The third-order valence-corrected chi connectivity index (χ3v) is 4.52. The fourth-order valence-electron chi connectivity index (χ4n) is 3.09. The first-order valence-corrected chi connectivity index (χ1v) is 8.54. The van der Waals surface area contributed by atoms with E-state index in [1.54, 1.807) is 0 Å². The smallest absolute Gasteiger partial charge is 0.128 e. The molecule has 3 rings (SSSR count). The Morgan fingerprint density at radius 2 is 1.70 bits per heavy atom. The lowest BCUT2D eigenvalue weighted by molar-refractivity contribution is 0.252. The molecule has 1 aliphatic heterocycles. The van der Waals surface area contributed by atoms with Gasteiger partial charge in [-0.25, -0.2) is 4.98 Å². The second kappa shape index (κ2) is 7.97. The van der Waals surface area contributed by atoms with Crippen molar-refractivity contribution >= 4 is 11.5 Å². The minimum Gasteiger partial charge on any atom is -0.399 e. The average molecular weight is 310 g/mol. The Morgan fingerprint density at radius 3 is 2.39 bits per heavy atom. The van der Waals surface area contributed by atoms with Crippen molar-refractivity contribution in [1.82, 2.24) is 9.88 Å². The molecule has 2 heterocycles. The predicted molar refractivity (Wildman–Crippen MR) is 96.7 cm³/mol. The van der Waals surface area contributed by atoms with E-state index in [4.69, 9.17) is 5.73 Å². The first-order chi connectivity index (χ1) is 11.3. The van der Waals surface area contributed by atoms with E-state index in [-0.39, 0.29) is 0 Å². The van der Waals surface area contributed by atoms with Gasteiger partial charge in [-0.2, -0.15) is 0 Å². The molecule has 1 aromatic carbocycles. The van der Waals surface area contributed by atoms with Gasteiger partial charge in [0.2, 0.25) is 0 Å². The van der Waals surface area contributed by atoms with Gasteiger partial charge in [0.05, 0.1) is 0 Å². The van der Waals surface area contributed by atoms with Crippen LogP contribution in [0.4, 0.5) is 11.5 Å². The molecule has 1 fully saturated rings. The third-order valence-electron chi connectivity index (χ3n) is 4.52. The minimum atomic E-state index is 0.847. The SMILES string of the molecule is Nc1ccc(CCCCN2CCN(c3ccccn3)CC2)cc1. The minimum absolute atomic E-state index is 0.847. The van der Waals surface area contributed by atoms with Crippen molar-refractivity contribution in [2.24, 2.45) is 0 Å². The highest BCUT2D eigenvalue weighted by Crippen LogP contribution is 2.13. The number of hydrogen-bond acceptors (Lipinski definition) is 4. The number of aryl methyl sites for hydroxylation is 1. The first-order valence-electron chi connectivity index (χ1n) is 8.54. The molecule has 0 radical (unpaired) electrons. The zero-order chi connectivity index (χ0) is 15.9. The number of pyridine rings is 1. The van der Waals surface area contributed by atoms with Gasteiger partial charge in [0, 0.05) is 38.1 Å². The van der Waals surface area contributed by atoms with Gasteiger partial charge in [-0.15, -0.1) is 0 Å². The number of aromatic nitrogens is 1. The van der Waals surface area contributed by atoms with E-state index in [0.29, 0.717) is 0 Å². The summed E-state index contributed by atoms with van der Waals surface area (Å²) in [6.07, 6.45) is 5.52. The Bertz CT molecular complexity index is 574. The van der Waals surface area contributed by atoms with Crippen molar-refractivity contribution in [3.63, 3.8) is 0 Å². The van der Waals surface area contributed by atoms with E-state index >= 15 is 0 Å². The molecule has 0 atom stereocenters. The number of hydrogen-bond donors (Lipinski definition) is 1. The van der Waals surface area contributed by atoms with Gasteiger partial charge in [-0.3, -0.25) is 4.90 Å². The number of anilines is 2. The van der Waals surface area contributed by atoms with Crippen LogP contribution in [0.3, 0.4) is 0 Å². The number of rotatable bonds is 6. The fraction of sp³-hybridized carbons (Fsp3) is 0.421. The van der Waals surface area contributed by atoms with E-state index in [0.717, 1.165) is 44.1 Å². The molecule has 4 nitrogen and oxygen atoms in total. The van der Waals surface area contributed by atoms with Gasteiger partial charge in [0.1, 0.15) is 5.82 Å². The number of nitrogens with zero attached hydrogens (tertiary/aromatic N) is 3. The highest BCUT2D eigenvalue weighted by atomic mass is 15.3. The summed E-state index contributed by atoms with van der Waals surface area (Å²) in [4.78, 5) is 9.39. The summed E-state index contributed by atoms with van der Waals surface area (Å²) in [5, 5.41) is 0. The molecule has 2 N–H and O–H groups in total. The molecule has 0 aliphatic carbocycles. The maximum absolute atomic E-state index is 5.72. The number of piperazine rings is 1. The highest BCUT2D eigenvalue weighted by molar-refractivity contribution is 5.39. The normalized spacial score (nSPS) is 15.7. The van der Waals surface area contributed by atoms with E-state index in [1.807, 2.05) is 24.4 Å². The van der Waals surface area contributed by atoms with Crippen LogP contribution in [0.25, 0.3) is 0 Å². The molecule has 2 aromatic rings. The molecule has 23 heavy (non-hydrogen) atoms. The van der Waals surface area contributed by atoms with Crippen LogP contribution < -0.4 is 10.6 Å². The van der Waals surface area contributed by atoms with E-state index < -0.39 is 0 Å². The topological polar surface area (TPSA) is 45.4 Å². The summed E-state index contributed by atoms with van der Waals surface area (Å²) in [5.41, 5.74) is 7.95. The molecule has 0 spiro atoms. The first kappa shape index (κ1) is 15.8. The molecule has 4 heteroatoms. The average Bonchev–Trinajstić information content (AvgIpc) is 2.62. The summed E-state index contributed by atoms with van der Waals surface area (Å²) in [5.74, 6) is 1.11. The number of nitrogen functional groups attached to an aromatic ring is 1. The number of benzene rings is 1. The largest absolute Gasteiger partial charge is 0.399 e. The van der Waals surface area contributed by atoms with Gasteiger partial charge in [-0.1, -0.05) is 18.2 Å². The van der Waals surface area contributed by atoms with Crippen molar-refractivity contribution < 1.29 is 0 Å². The van der Waals surface area contributed by atoms with Crippen molar-refractivity contribution in [3.05, 3.63) is 54.2 Å². The Morgan fingerprint density at radius 1 is 0.913 bits per heavy atom. The predicted octanol–water partition coefficient (Wildman–Crippen LogP) is 2.81. The summed E-state index contributed by atoms with van der Waals surface area (Å²) >= 11 is 0. The van der Waals surface area contributed by atoms with Crippen molar-refractivity contribution in [3.8, 4) is 0 Å². The maximum atomic E-state index is 5.72. The monoisotopic (exact) mass is 310 g/mol. The van der Waals surface area contributed by atoms with Gasteiger partial charge < -0.3 is 10.6 Å². The lowest BCUT2D eigenvalue weighted by Crippen LogP contribution is -2.46. The van der Waals surface area contributed by atoms with Crippen molar-refractivity contribution in [1.29, 1.82) is 0 Å². The quantitative estimate of drug-likeness (QED) is 0.658. The molecule has 0 saturated carbocycles. The Balaban J connectivity index is 1.34. The molecule has 1 aromatic heterocycles.